The predicted octanol–water partition coefficient (Wildman–Crippen LogP) is 1.06. The molecule has 1 rings (SSSR count). The second-order valence-electron chi connectivity index (χ2n) is 3.59. The Morgan fingerprint density at radius 2 is 2.19 bits per heavy atom. The Labute approximate surface area is 99.4 Å². The van der Waals surface area contributed by atoms with Gasteiger partial charge in [0.05, 0.1) is 22.9 Å². The zero-order chi connectivity index (χ0) is 12.3. The Balaban J connectivity index is 3.47. The van der Waals surface area contributed by atoms with Crippen LogP contribution in [0.5, 0.6) is 0 Å². The largest absolute Gasteiger partial charge is 0.465 e. The van der Waals surface area contributed by atoms with Crippen LogP contribution in [0, 0.1) is 26.2 Å². The quantitative estimate of drug-likeness (QED) is 0.430. The second kappa shape index (κ2) is 5.00. The van der Waals surface area contributed by atoms with Gasteiger partial charge in [-0.2, -0.15) is 0 Å². The van der Waals surface area contributed by atoms with E-state index in [0.717, 1.165) is 21.9 Å². The molecule has 0 saturated carbocycles. The molecule has 0 spiro atoms. The lowest BCUT2D eigenvalue weighted by atomic mass is 9.96. The molecule has 0 saturated heterocycles. The van der Waals surface area contributed by atoms with E-state index in [4.69, 9.17) is 11.2 Å². The van der Waals surface area contributed by atoms with Crippen LogP contribution in [0.1, 0.15) is 27.0 Å². The summed E-state index contributed by atoms with van der Waals surface area (Å²) in [6, 6.07) is 1.80. The van der Waals surface area contributed by atoms with Gasteiger partial charge in [-0.25, -0.2) is 4.79 Å². The number of rotatable bonds is 2. The van der Waals surface area contributed by atoms with Gasteiger partial charge < -0.3 is 4.74 Å². The summed E-state index contributed by atoms with van der Waals surface area (Å²) in [4.78, 5) is 11.6. The summed E-state index contributed by atoms with van der Waals surface area (Å²) in [6.45, 7) is 3.87. The van der Waals surface area contributed by atoms with Crippen molar-refractivity contribution in [1.82, 2.24) is 0 Å². The molecule has 2 nitrogen and oxygen atoms in total. The molecule has 0 atom stereocenters. The lowest BCUT2D eigenvalue weighted by molar-refractivity contribution is 0.0599. The van der Waals surface area contributed by atoms with Crippen molar-refractivity contribution in [2.45, 2.75) is 20.3 Å². The van der Waals surface area contributed by atoms with Crippen LogP contribution in [-0.2, 0) is 11.2 Å². The highest BCUT2D eigenvalue weighted by Gasteiger charge is 2.16. The summed E-state index contributed by atoms with van der Waals surface area (Å²) in [5, 5.41) is 0.984. The third kappa shape index (κ3) is 2.17. The molecule has 16 heavy (non-hydrogen) atoms. The second-order valence-corrected chi connectivity index (χ2v) is 4.09. The van der Waals surface area contributed by atoms with Crippen LogP contribution in [-0.4, -0.2) is 23.3 Å². The van der Waals surface area contributed by atoms with Gasteiger partial charge in [-0.05, 0) is 31.0 Å². The van der Waals surface area contributed by atoms with E-state index in [1.807, 2.05) is 13.8 Å². The Bertz CT molecular complexity index is 470. The Morgan fingerprint density at radius 1 is 1.56 bits per heavy atom. The fraction of sp³-hybridized carbons (Fsp3) is 0.308. The Kier molecular flexibility index (Phi) is 3.91. The maximum atomic E-state index is 11.6. The molecule has 3 heteroatoms. The average molecular weight is 229 g/mol. The van der Waals surface area contributed by atoms with Crippen molar-refractivity contribution in [2.75, 3.05) is 7.11 Å². The number of hydrogen-bond acceptors (Lipinski definition) is 2. The van der Waals surface area contributed by atoms with Crippen molar-refractivity contribution in [3.8, 4) is 12.3 Å². The van der Waals surface area contributed by atoms with Gasteiger partial charge in [0.25, 0.3) is 0 Å². The van der Waals surface area contributed by atoms with Crippen molar-refractivity contribution in [3.05, 3.63) is 28.3 Å². The van der Waals surface area contributed by atoms with E-state index in [1.165, 1.54) is 7.11 Å². The number of carbonyl (C=O) groups excluding carboxylic acids is 1. The van der Waals surface area contributed by atoms with Crippen molar-refractivity contribution in [1.29, 1.82) is 0 Å². The smallest absolute Gasteiger partial charge is 0.338 e. The molecular formula is C13H13O2Si. The predicted molar refractivity (Wildman–Crippen MR) is 65.2 cm³/mol. The zero-order valence-corrected chi connectivity index (χ0v) is 10.7. The topological polar surface area (TPSA) is 26.3 Å². The van der Waals surface area contributed by atoms with E-state index in [2.05, 4.69) is 16.2 Å². The third-order valence-corrected chi connectivity index (χ3v) is 3.36. The van der Waals surface area contributed by atoms with Gasteiger partial charge in [0.15, 0.2) is 0 Å². The molecule has 0 heterocycles. The molecule has 0 fully saturated rings. The average Bonchev–Trinajstić information content (AvgIpc) is 2.28. The number of methoxy groups -OCH3 is 1. The van der Waals surface area contributed by atoms with Crippen molar-refractivity contribution >= 4 is 21.4 Å². The molecule has 0 aliphatic heterocycles. The van der Waals surface area contributed by atoms with Crippen LogP contribution in [0.2, 0.25) is 0 Å². The van der Waals surface area contributed by atoms with Crippen LogP contribution in [0.4, 0.5) is 0 Å². The molecule has 1 aromatic rings. The first-order valence-electron chi connectivity index (χ1n) is 4.89. The van der Waals surface area contributed by atoms with Gasteiger partial charge in [0.1, 0.15) is 0 Å². The molecule has 0 aliphatic carbocycles. The normalized spacial score (nSPS) is 9.69. The summed E-state index contributed by atoms with van der Waals surface area (Å²) in [5.41, 5.74) is 3.40. The van der Waals surface area contributed by atoms with Gasteiger partial charge >= 0.3 is 5.97 Å². The van der Waals surface area contributed by atoms with E-state index < -0.39 is 0 Å². The molecule has 0 bridgehead atoms. The van der Waals surface area contributed by atoms with Crippen molar-refractivity contribution in [2.24, 2.45) is 0 Å². The first-order valence-corrected chi connectivity index (χ1v) is 5.39. The van der Waals surface area contributed by atoms with E-state index >= 15 is 0 Å². The molecule has 0 aliphatic rings. The number of hydrogen-bond donors (Lipinski definition) is 0. The first kappa shape index (κ1) is 12.5. The van der Waals surface area contributed by atoms with Gasteiger partial charge in [0.2, 0.25) is 0 Å². The number of benzene rings is 1. The fourth-order valence-electron chi connectivity index (χ4n) is 1.65. The molecule has 0 amide bonds. The summed E-state index contributed by atoms with van der Waals surface area (Å²) in [7, 11) is 4.91. The maximum Gasteiger partial charge on any atom is 0.338 e. The highest BCUT2D eigenvalue weighted by molar-refractivity contribution is 6.34. The van der Waals surface area contributed by atoms with Gasteiger partial charge in [-0.15, -0.1) is 12.3 Å². The Hall–Kier alpha value is -1.53. The minimum atomic E-state index is -0.344. The van der Waals surface area contributed by atoms with E-state index in [-0.39, 0.29) is 5.97 Å². The Morgan fingerprint density at radius 3 is 2.69 bits per heavy atom. The van der Waals surface area contributed by atoms with Gasteiger partial charge in [-0.1, -0.05) is 10.8 Å². The number of ether oxygens (including phenoxy) is 1. The molecule has 0 aromatic heterocycles. The summed E-state index contributed by atoms with van der Waals surface area (Å²) in [5.74, 6) is 2.22. The van der Waals surface area contributed by atoms with Crippen molar-refractivity contribution in [3.63, 3.8) is 0 Å². The first-order chi connectivity index (χ1) is 7.52. The fourth-order valence-corrected chi connectivity index (χ4v) is 1.87. The number of esters is 1. The monoisotopic (exact) mass is 229 g/mol. The molecular weight excluding hydrogens is 216 g/mol. The van der Waals surface area contributed by atoms with Crippen molar-refractivity contribution < 1.29 is 9.53 Å². The molecule has 1 aromatic carbocycles. The van der Waals surface area contributed by atoms with Crippen LogP contribution in [0.15, 0.2) is 6.07 Å². The highest BCUT2D eigenvalue weighted by atomic mass is 28.1. The maximum absolute atomic E-state index is 11.6. The van der Waals surface area contributed by atoms with Crippen LogP contribution in [0.3, 0.4) is 0 Å². The molecule has 3 radical (unpaired) electrons. The number of aryl methyl sites for hydroxylation is 1. The van der Waals surface area contributed by atoms with E-state index in [9.17, 15) is 4.79 Å². The standard InChI is InChI=1S/C13H13O2Si/c1-5-6-10-9(3)12(16)8(2)7-11(10)13(14)15-4/h1,7H,6H2,2-4H3. The van der Waals surface area contributed by atoms with E-state index in [0.29, 0.717) is 12.0 Å². The third-order valence-electron chi connectivity index (χ3n) is 2.59. The minimum Gasteiger partial charge on any atom is -0.465 e. The van der Waals surface area contributed by atoms with Gasteiger partial charge in [0, 0.05) is 6.42 Å². The summed E-state index contributed by atoms with van der Waals surface area (Å²) < 4.78 is 4.75. The molecule has 0 N–H and O–H groups in total. The van der Waals surface area contributed by atoms with Gasteiger partial charge in [-0.3, -0.25) is 0 Å². The molecule has 0 unspecified atom stereocenters. The summed E-state index contributed by atoms with van der Waals surface area (Å²) in [6.07, 6.45) is 5.73. The molecule has 81 valence electrons. The van der Waals surface area contributed by atoms with E-state index in [1.54, 1.807) is 6.07 Å². The van der Waals surface area contributed by atoms with Crippen LogP contribution < -0.4 is 5.19 Å². The zero-order valence-electron chi connectivity index (χ0n) is 9.68. The lowest BCUT2D eigenvalue weighted by Gasteiger charge is -2.14. The summed E-state index contributed by atoms with van der Waals surface area (Å²) >= 11 is 0. The highest BCUT2D eigenvalue weighted by Crippen LogP contribution is 2.16. The SMILES string of the molecule is C#CCc1c(C(=O)OC)cc(C)c([Si])c1C. The minimum absolute atomic E-state index is 0.344. The number of carbonyl (C=O) groups is 1. The van der Waals surface area contributed by atoms with Crippen LogP contribution >= 0.6 is 0 Å². The number of terminal acetylenes is 1. The lowest BCUT2D eigenvalue weighted by Crippen LogP contribution is -2.19. The van der Waals surface area contributed by atoms with Crippen LogP contribution in [0.25, 0.3) is 0 Å².